The third kappa shape index (κ3) is 7.68. The Bertz CT molecular complexity index is 1320. The number of aryl methyl sites for hydroxylation is 1. The largest absolute Gasteiger partial charge is 0.410 e. The summed E-state index contributed by atoms with van der Waals surface area (Å²) in [7, 11) is -5.60. The van der Waals surface area contributed by atoms with Gasteiger partial charge in [0.2, 0.25) is 0 Å². The van der Waals surface area contributed by atoms with Gasteiger partial charge in [-0.25, -0.2) is 0 Å². The van der Waals surface area contributed by atoms with Gasteiger partial charge in [0.25, 0.3) is 10.1 Å². The van der Waals surface area contributed by atoms with Gasteiger partial charge in [-0.05, 0) is 129 Å². The first-order chi connectivity index (χ1) is 19.9. The van der Waals surface area contributed by atoms with Gasteiger partial charge in [0.15, 0.2) is 8.32 Å². The Labute approximate surface area is 264 Å². The molecule has 3 saturated carbocycles. The van der Waals surface area contributed by atoms with Crippen LogP contribution in [0.5, 0.6) is 0 Å². The van der Waals surface area contributed by atoms with Crippen LogP contribution in [0.15, 0.2) is 64.6 Å². The molecule has 1 aromatic rings. The highest BCUT2D eigenvalue weighted by Crippen LogP contribution is 2.59. The van der Waals surface area contributed by atoms with Crippen LogP contribution in [0.4, 0.5) is 0 Å². The van der Waals surface area contributed by atoms with Crippen molar-refractivity contribution in [2.45, 2.75) is 129 Å². The van der Waals surface area contributed by atoms with E-state index in [2.05, 4.69) is 73.4 Å². The molecule has 0 N–H and O–H groups in total. The van der Waals surface area contributed by atoms with E-state index in [0.717, 1.165) is 24.8 Å². The Kier molecular flexibility index (Phi) is 10.5. The van der Waals surface area contributed by atoms with Crippen LogP contribution in [-0.2, 0) is 18.7 Å². The molecule has 0 unspecified atom stereocenters. The van der Waals surface area contributed by atoms with Gasteiger partial charge in [-0.3, -0.25) is 4.18 Å². The Morgan fingerprint density at radius 2 is 1.81 bits per heavy atom. The van der Waals surface area contributed by atoms with Gasteiger partial charge in [-0.1, -0.05) is 83.5 Å². The van der Waals surface area contributed by atoms with Crippen molar-refractivity contribution in [2.75, 3.05) is 6.61 Å². The molecule has 0 aliphatic heterocycles. The SMILES string of the molecule is C=C1/C(=C\C=C2/CCC[C@]3(C)[C@@H]([C@H](C)CCOS(=O)(=O)c4ccc(C)cc4)CC[C@@H]23)C[C@@H](C)C[C@@H]1O[Si](C)(C)C(C)(C)C. The average Bonchev–Trinajstić information content (AvgIpc) is 3.26. The smallest absolute Gasteiger partial charge is 0.296 e. The maximum absolute atomic E-state index is 12.7. The van der Waals surface area contributed by atoms with Crippen LogP contribution in [0, 0.1) is 36.0 Å². The lowest BCUT2D eigenvalue weighted by Crippen LogP contribution is -2.45. The predicted octanol–water partition coefficient (Wildman–Crippen LogP) is 10.2. The van der Waals surface area contributed by atoms with Crippen molar-refractivity contribution < 1.29 is 17.0 Å². The van der Waals surface area contributed by atoms with Crippen molar-refractivity contribution in [1.82, 2.24) is 0 Å². The molecule has 3 aliphatic rings. The minimum Gasteiger partial charge on any atom is -0.410 e. The molecule has 3 aliphatic carbocycles. The minimum atomic E-state index is -3.72. The van der Waals surface area contributed by atoms with Crippen LogP contribution >= 0.6 is 0 Å². The summed E-state index contributed by atoms with van der Waals surface area (Å²) in [5.74, 6) is 2.17. The second kappa shape index (κ2) is 13.1. The van der Waals surface area contributed by atoms with Crippen molar-refractivity contribution in [3.63, 3.8) is 0 Å². The fourth-order valence-corrected chi connectivity index (χ4v) is 10.1. The first kappa shape index (κ1) is 34.4. The normalized spacial score (nSPS) is 31.4. The van der Waals surface area contributed by atoms with Crippen LogP contribution in [0.25, 0.3) is 0 Å². The Morgan fingerprint density at radius 1 is 1.14 bits per heavy atom. The van der Waals surface area contributed by atoms with Crippen LogP contribution < -0.4 is 0 Å². The summed E-state index contributed by atoms with van der Waals surface area (Å²) in [6.07, 6.45) is 13.9. The average molecular weight is 627 g/mol. The molecule has 43 heavy (non-hydrogen) atoms. The molecule has 1 aromatic carbocycles. The molecule has 0 radical (unpaired) electrons. The van der Waals surface area contributed by atoms with E-state index < -0.39 is 18.4 Å². The third-order valence-corrected chi connectivity index (χ3v) is 17.4. The summed E-state index contributed by atoms with van der Waals surface area (Å²) in [6, 6.07) is 6.89. The zero-order valence-electron chi connectivity index (χ0n) is 28.5. The predicted molar refractivity (Wildman–Crippen MR) is 182 cm³/mol. The lowest BCUT2D eigenvalue weighted by atomic mass is 9.61. The van der Waals surface area contributed by atoms with E-state index in [9.17, 15) is 8.42 Å². The summed E-state index contributed by atoms with van der Waals surface area (Å²) in [5, 5.41) is 0.185. The second-order valence-corrected chi connectivity index (χ2v) is 22.2. The summed E-state index contributed by atoms with van der Waals surface area (Å²) in [5.41, 5.74) is 5.45. The van der Waals surface area contributed by atoms with Crippen LogP contribution in [0.2, 0.25) is 18.1 Å². The molecule has 0 spiro atoms. The molecule has 0 aromatic heterocycles. The monoisotopic (exact) mass is 626 g/mol. The Balaban J connectivity index is 1.42. The second-order valence-electron chi connectivity index (χ2n) is 15.8. The highest BCUT2D eigenvalue weighted by Gasteiger charge is 2.50. The zero-order chi connectivity index (χ0) is 31.8. The van der Waals surface area contributed by atoms with Crippen molar-refractivity contribution in [2.24, 2.45) is 29.1 Å². The van der Waals surface area contributed by atoms with Crippen LogP contribution in [-0.4, -0.2) is 29.4 Å². The summed E-state index contributed by atoms with van der Waals surface area (Å²) >= 11 is 0. The number of fused-ring (bicyclic) bond motifs is 1. The van der Waals surface area contributed by atoms with Crippen molar-refractivity contribution >= 4 is 18.4 Å². The Morgan fingerprint density at radius 3 is 2.47 bits per heavy atom. The van der Waals surface area contributed by atoms with Crippen molar-refractivity contribution in [3.8, 4) is 0 Å². The number of hydrogen-bond donors (Lipinski definition) is 0. The standard InChI is InChI=1S/C37H58O4SSi/c1-26-13-17-32(18-14-26)42(38,39)40-23-21-28(3)33-19-20-34-30(12-11-22-37(33,34)8)15-16-31-24-27(2)25-35(29(31)4)41-43(9,10)36(5,6)7/h13-18,27-28,33-35H,4,11-12,19-25H2,1-3,5-10H3/b30-15+,31-16-/t27-,28-,33-,34+,35+,37-/m1/s1. The first-order valence-electron chi connectivity index (χ1n) is 16.7. The van der Waals surface area contributed by atoms with E-state index >= 15 is 0 Å². The highest BCUT2D eigenvalue weighted by molar-refractivity contribution is 7.86. The molecule has 6 heteroatoms. The Hall–Kier alpha value is -1.47. The van der Waals surface area contributed by atoms with Crippen LogP contribution in [0.1, 0.15) is 98.5 Å². The van der Waals surface area contributed by atoms with Gasteiger partial charge >= 0.3 is 0 Å². The molecule has 0 saturated heterocycles. The van der Waals surface area contributed by atoms with Gasteiger partial charge in [-0.15, -0.1) is 0 Å². The molecular weight excluding hydrogens is 569 g/mol. The molecule has 4 rings (SSSR count). The minimum absolute atomic E-state index is 0.125. The zero-order valence-corrected chi connectivity index (χ0v) is 30.3. The van der Waals surface area contributed by atoms with E-state index in [4.69, 9.17) is 8.61 Å². The van der Waals surface area contributed by atoms with Crippen molar-refractivity contribution in [3.05, 3.63) is 65.3 Å². The fourth-order valence-electron chi connectivity index (χ4n) is 7.87. The number of benzene rings is 1. The quantitative estimate of drug-likeness (QED) is 0.202. The van der Waals surface area contributed by atoms with Gasteiger partial charge < -0.3 is 4.43 Å². The van der Waals surface area contributed by atoms with E-state index in [1.807, 2.05) is 19.1 Å². The lowest BCUT2D eigenvalue weighted by molar-refractivity contribution is 0.0881. The van der Waals surface area contributed by atoms with Gasteiger partial charge in [0.1, 0.15) is 0 Å². The third-order valence-electron chi connectivity index (χ3n) is 11.6. The molecule has 0 bridgehead atoms. The van der Waals surface area contributed by atoms with Crippen LogP contribution in [0.3, 0.4) is 0 Å². The molecule has 240 valence electrons. The first-order valence-corrected chi connectivity index (χ1v) is 21.0. The molecule has 3 fully saturated rings. The fraction of sp³-hybridized carbons (Fsp3) is 0.676. The van der Waals surface area contributed by atoms with E-state index in [0.29, 0.717) is 23.7 Å². The number of allylic oxidation sites excluding steroid dienone is 3. The lowest BCUT2D eigenvalue weighted by Gasteiger charge is -2.44. The van der Waals surface area contributed by atoms with Gasteiger partial charge in [0.05, 0.1) is 17.6 Å². The van der Waals surface area contributed by atoms with Crippen molar-refractivity contribution in [1.29, 1.82) is 0 Å². The highest BCUT2D eigenvalue weighted by atomic mass is 32.2. The van der Waals surface area contributed by atoms with Gasteiger partial charge in [0, 0.05) is 0 Å². The number of rotatable bonds is 9. The van der Waals surface area contributed by atoms with Gasteiger partial charge in [-0.2, -0.15) is 8.42 Å². The van der Waals surface area contributed by atoms with E-state index in [1.54, 1.807) is 17.7 Å². The molecule has 0 amide bonds. The number of hydrogen-bond acceptors (Lipinski definition) is 4. The summed E-state index contributed by atoms with van der Waals surface area (Å²) in [6.45, 7) is 25.5. The topological polar surface area (TPSA) is 52.6 Å². The molecule has 4 nitrogen and oxygen atoms in total. The summed E-state index contributed by atoms with van der Waals surface area (Å²) in [4.78, 5) is 0.239. The molecule has 6 atom stereocenters. The maximum atomic E-state index is 12.7. The summed E-state index contributed by atoms with van der Waals surface area (Å²) < 4.78 is 37.8. The van der Waals surface area contributed by atoms with E-state index in [1.165, 1.54) is 43.3 Å². The van der Waals surface area contributed by atoms with E-state index in [-0.39, 0.29) is 28.1 Å². The molecular formula is C37H58O4SSi. The molecule has 0 heterocycles. The maximum Gasteiger partial charge on any atom is 0.296 e.